The zero-order chi connectivity index (χ0) is 17.9. The fraction of sp³-hybridized carbons (Fsp3) is 0.500. The van der Waals surface area contributed by atoms with Crippen molar-refractivity contribution in [2.75, 3.05) is 20.3 Å². The lowest BCUT2D eigenvalue weighted by Crippen LogP contribution is -2.32. The second-order valence-electron chi connectivity index (χ2n) is 7.14. The number of methoxy groups -OCH3 is 1. The number of thiocarbonyl (C=S) groups is 1. The molecule has 1 N–H and O–H groups in total. The van der Waals surface area contributed by atoms with Crippen molar-refractivity contribution < 1.29 is 4.74 Å². The number of hydrogen-bond acceptors (Lipinski definition) is 3. The molecule has 0 aromatic carbocycles. The van der Waals surface area contributed by atoms with Crippen LogP contribution in [0.1, 0.15) is 55.1 Å². The second kappa shape index (κ2) is 7.76. The number of ether oxygens (including phenoxy) is 1. The Morgan fingerprint density at radius 1 is 1.27 bits per heavy atom. The molecule has 26 heavy (non-hydrogen) atoms. The van der Waals surface area contributed by atoms with Gasteiger partial charge in [0.1, 0.15) is 0 Å². The molecule has 2 aromatic rings. The lowest BCUT2D eigenvalue weighted by Gasteiger charge is -2.27. The molecule has 2 aliphatic rings. The van der Waals surface area contributed by atoms with Gasteiger partial charge in [-0.1, -0.05) is 18.9 Å². The number of nitrogens with one attached hydrogen (secondary N) is 1. The van der Waals surface area contributed by atoms with Crippen LogP contribution >= 0.6 is 12.2 Å². The van der Waals surface area contributed by atoms with E-state index in [1.54, 1.807) is 7.11 Å². The van der Waals surface area contributed by atoms with Crippen molar-refractivity contribution in [2.45, 2.75) is 43.8 Å². The third-order valence-corrected chi connectivity index (χ3v) is 5.91. The fourth-order valence-electron chi connectivity index (χ4n) is 4.23. The third-order valence-electron chi connectivity index (χ3n) is 5.56. The second-order valence-corrected chi connectivity index (χ2v) is 7.53. The van der Waals surface area contributed by atoms with Crippen molar-refractivity contribution in [3.63, 3.8) is 0 Å². The Kier molecular flexibility index (Phi) is 5.22. The highest BCUT2D eigenvalue weighted by Crippen LogP contribution is 2.39. The van der Waals surface area contributed by atoms with Gasteiger partial charge in [-0.25, -0.2) is 0 Å². The summed E-state index contributed by atoms with van der Waals surface area (Å²) >= 11 is 5.65. The Morgan fingerprint density at radius 2 is 2.12 bits per heavy atom. The molecular weight excluding hydrogens is 344 g/mol. The van der Waals surface area contributed by atoms with E-state index in [9.17, 15) is 0 Å². The highest BCUT2D eigenvalue weighted by molar-refractivity contribution is 7.80. The molecule has 0 radical (unpaired) electrons. The molecule has 1 aliphatic heterocycles. The molecule has 0 spiro atoms. The number of pyridine rings is 1. The van der Waals surface area contributed by atoms with Crippen molar-refractivity contribution in [2.24, 2.45) is 0 Å². The average Bonchev–Trinajstić information content (AvgIpc) is 3.40. The molecule has 5 nitrogen and oxygen atoms in total. The summed E-state index contributed by atoms with van der Waals surface area (Å²) in [4.78, 5) is 6.83. The van der Waals surface area contributed by atoms with Gasteiger partial charge in [0.05, 0.1) is 24.4 Å². The zero-order valence-corrected chi connectivity index (χ0v) is 16.0. The number of hydrogen-bond donors (Lipinski definition) is 1. The molecule has 2 aromatic heterocycles. The Morgan fingerprint density at radius 3 is 2.85 bits per heavy atom. The molecule has 1 aliphatic carbocycles. The van der Waals surface area contributed by atoms with Gasteiger partial charge in [-0.3, -0.25) is 4.98 Å². The van der Waals surface area contributed by atoms with E-state index in [-0.39, 0.29) is 12.1 Å². The van der Waals surface area contributed by atoms with E-state index in [2.05, 4.69) is 44.3 Å². The minimum atomic E-state index is 0.0555. The van der Waals surface area contributed by atoms with E-state index in [4.69, 9.17) is 17.0 Å². The summed E-state index contributed by atoms with van der Waals surface area (Å²) in [6.07, 6.45) is 11.6. The number of nitrogens with zero attached hydrogens (tertiary/aromatic N) is 3. The molecule has 0 unspecified atom stereocenters. The quantitative estimate of drug-likeness (QED) is 0.787. The molecule has 0 amide bonds. The lowest BCUT2D eigenvalue weighted by molar-refractivity contribution is 0.164. The number of aromatic nitrogens is 2. The van der Waals surface area contributed by atoms with E-state index < -0.39 is 0 Å². The SMILES string of the molecule is COCCN1C(=S)N[C@H](c2ccccn2)[C@@H]1c1ccn(C2CCCC2)c1. The summed E-state index contributed by atoms with van der Waals surface area (Å²) in [5.74, 6) is 0. The Labute approximate surface area is 160 Å². The van der Waals surface area contributed by atoms with Gasteiger partial charge >= 0.3 is 0 Å². The standard InChI is InChI=1S/C20H26N4OS/c1-25-13-12-24-19(15-9-11-23(14-15)16-6-2-3-7-16)18(22-20(24)26)17-8-4-5-10-21-17/h4-5,8-11,14,16,18-19H,2-3,6-7,12-13H2,1H3,(H,22,26)/t18-,19+/m1/s1. The van der Waals surface area contributed by atoms with Crippen LogP contribution in [-0.4, -0.2) is 39.8 Å². The zero-order valence-electron chi connectivity index (χ0n) is 15.2. The van der Waals surface area contributed by atoms with Gasteiger partial charge in [0.15, 0.2) is 5.11 Å². The van der Waals surface area contributed by atoms with Crippen LogP contribution in [0.5, 0.6) is 0 Å². The topological polar surface area (TPSA) is 42.3 Å². The Balaban J connectivity index is 1.66. The maximum atomic E-state index is 5.65. The van der Waals surface area contributed by atoms with Crippen LogP contribution in [0.4, 0.5) is 0 Å². The minimum absolute atomic E-state index is 0.0555. The summed E-state index contributed by atoms with van der Waals surface area (Å²) < 4.78 is 7.71. The molecule has 138 valence electrons. The van der Waals surface area contributed by atoms with Gasteiger partial charge < -0.3 is 19.5 Å². The first-order chi connectivity index (χ1) is 12.8. The monoisotopic (exact) mass is 370 g/mol. The van der Waals surface area contributed by atoms with E-state index in [0.717, 1.165) is 17.4 Å². The average molecular weight is 371 g/mol. The first kappa shape index (κ1) is 17.5. The van der Waals surface area contributed by atoms with Crippen molar-refractivity contribution in [3.05, 3.63) is 54.1 Å². The van der Waals surface area contributed by atoms with Gasteiger partial charge in [-0.15, -0.1) is 0 Å². The van der Waals surface area contributed by atoms with Crippen molar-refractivity contribution in [1.82, 2.24) is 19.8 Å². The van der Waals surface area contributed by atoms with E-state index in [1.165, 1.54) is 31.2 Å². The summed E-state index contributed by atoms with van der Waals surface area (Å²) in [7, 11) is 1.73. The van der Waals surface area contributed by atoms with E-state index >= 15 is 0 Å². The molecule has 2 fully saturated rings. The van der Waals surface area contributed by atoms with Gasteiger partial charge in [0, 0.05) is 38.3 Å². The van der Waals surface area contributed by atoms with Crippen LogP contribution in [0.2, 0.25) is 0 Å². The minimum Gasteiger partial charge on any atom is -0.383 e. The summed E-state index contributed by atoms with van der Waals surface area (Å²) in [6.45, 7) is 1.42. The predicted octanol–water partition coefficient (Wildman–Crippen LogP) is 3.62. The highest BCUT2D eigenvalue weighted by Gasteiger charge is 2.40. The molecule has 0 bridgehead atoms. The normalized spacial score (nSPS) is 23.6. The maximum Gasteiger partial charge on any atom is 0.170 e. The van der Waals surface area contributed by atoms with Gasteiger partial charge in [0.25, 0.3) is 0 Å². The van der Waals surface area contributed by atoms with Gasteiger partial charge in [-0.05, 0) is 48.8 Å². The van der Waals surface area contributed by atoms with Crippen LogP contribution in [-0.2, 0) is 4.74 Å². The molecular formula is C20H26N4OS. The summed E-state index contributed by atoms with van der Waals surface area (Å²) in [6, 6.07) is 9.13. The summed E-state index contributed by atoms with van der Waals surface area (Å²) in [5, 5.41) is 4.26. The molecule has 1 saturated carbocycles. The molecule has 2 atom stereocenters. The van der Waals surface area contributed by atoms with Gasteiger partial charge in [-0.2, -0.15) is 0 Å². The van der Waals surface area contributed by atoms with Crippen molar-refractivity contribution >= 4 is 17.3 Å². The van der Waals surface area contributed by atoms with E-state index in [0.29, 0.717) is 12.6 Å². The van der Waals surface area contributed by atoms with Gasteiger partial charge in [0.2, 0.25) is 0 Å². The van der Waals surface area contributed by atoms with Crippen LogP contribution in [0, 0.1) is 0 Å². The molecule has 6 heteroatoms. The fourth-order valence-corrected chi connectivity index (χ4v) is 4.57. The smallest absolute Gasteiger partial charge is 0.170 e. The number of rotatable bonds is 6. The summed E-state index contributed by atoms with van der Waals surface area (Å²) in [5.41, 5.74) is 2.31. The highest BCUT2D eigenvalue weighted by atomic mass is 32.1. The first-order valence-corrected chi connectivity index (χ1v) is 9.83. The van der Waals surface area contributed by atoms with Crippen molar-refractivity contribution in [1.29, 1.82) is 0 Å². The third kappa shape index (κ3) is 3.35. The molecule has 1 saturated heterocycles. The molecule has 4 rings (SSSR count). The maximum absolute atomic E-state index is 5.65. The van der Waals surface area contributed by atoms with Crippen LogP contribution in [0.25, 0.3) is 0 Å². The Bertz CT molecular complexity index is 741. The van der Waals surface area contributed by atoms with Crippen LogP contribution in [0.15, 0.2) is 42.9 Å². The first-order valence-electron chi connectivity index (χ1n) is 9.42. The van der Waals surface area contributed by atoms with E-state index in [1.807, 2.05) is 18.3 Å². The largest absolute Gasteiger partial charge is 0.383 e. The predicted molar refractivity (Wildman–Crippen MR) is 106 cm³/mol. The Hall–Kier alpha value is -1.92. The molecule has 3 heterocycles. The van der Waals surface area contributed by atoms with Crippen LogP contribution < -0.4 is 5.32 Å². The lowest BCUT2D eigenvalue weighted by atomic mass is 9.99. The van der Waals surface area contributed by atoms with Crippen LogP contribution in [0.3, 0.4) is 0 Å². The van der Waals surface area contributed by atoms with Crippen molar-refractivity contribution in [3.8, 4) is 0 Å².